The molecule has 1 rings (SSSR count). The van der Waals surface area contributed by atoms with Crippen LogP contribution in [0.4, 0.5) is 0 Å². The van der Waals surface area contributed by atoms with Crippen LogP contribution in [-0.4, -0.2) is 42.5 Å². The molecule has 0 aromatic heterocycles. The van der Waals surface area contributed by atoms with Crippen molar-refractivity contribution in [1.82, 2.24) is 10.2 Å². The number of carbonyl (C=O) groups excluding carboxylic acids is 2. The van der Waals surface area contributed by atoms with Crippen molar-refractivity contribution >= 4 is 11.9 Å². The molecule has 1 aromatic rings. The lowest BCUT2D eigenvalue weighted by atomic mass is 9.90. The molecule has 0 aliphatic heterocycles. The zero-order valence-electron chi connectivity index (χ0n) is 15.4. The molecule has 0 radical (unpaired) electrons. The third-order valence-corrected chi connectivity index (χ3v) is 4.26. The molecule has 0 heterocycles. The van der Waals surface area contributed by atoms with E-state index in [4.69, 9.17) is 0 Å². The zero-order chi connectivity index (χ0) is 18.9. The molecule has 0 aliphatic carbocycles. The van der Waals surface area contributed by atoms with E-state index in [2.05, 4.69) is 16.1 Å². The normalized spacial score (nSPS) is 13.2. The predicted molar refractivity (Wildman–Crippen MR) is 95.4 cm³/mol. The topological polar surface area (TPSA) is 82.4 Å². The van der Waals surface area contributed by atoms with Crippen LogP contribution < -0.4 is 5.32 Å². The van der Waals surface area contributed by atoms with E-state index in [1.165, 1.54) is 7.11 Å². The fraction of sp³-hybridized carbons (Fsp3) is 0.526. The Morgan fingerprint density at radius 1 is 1.32 bits per heavy atom. The summed E-state index contributed by atoms with van der Waals surface area (Å²) in [4.78, 5) is 25.7. The van der Waals surface area contributed by atoms with Crippen molar-refractivity contribution in [3.05, 3.63) is 35.9 Å². The first-order valence-corrected chi connectivity index (χ1v) is 8.36. The van der Waals surface area contributed by atoms with Gasteiger partial charge in [0.1, 0.15) is 5.54 Å². The Morgan fingerprint density at radius 2 is 1.96 bits per heavy atom. The zero-order valence-corrected chi connectivity index (χ0v) is 15.4. The largest absolute Gasteiger partial charge is 0.469 e. The number of benzene rings is 1. The summed E-state index contributed by atoms with van der Waals surface area (Å²) in [6.07, 6.45) is 0.205. The number of esters is 1. The lowest BCUT2D eigenvalue weighted by molar-refractivity contribution is -0.141. The van der Waals surface area contributed by atoms with Gasteiger partial charge in [0, 0.05) is 13.1 Å². The molecule has 1 aromatic carbocycles. The number of carbonyl (C=O) groups is 2. The lowest BCUT2D eigenvalue weighted by Gasteiger charge is -2.29. The minimum atomic E-state index is -0.919. The summed E-state index contributed by atoms with van der Waals surface area (Å²) in [7, 11) is 1.34. The van der Waals surface area contributed by atoms with Crippen molar-refractivity contribution in [3.8, 4) is 6.07 Å². The summed E-state index contributed by atoms with van der Waals surface area (Å²) in [5.41, 5.74) is 0.129. The maximum Gasteiger partial charge on any atom is 0.306 e. The quantitative estimate of drug-likeness (QED) is 0.693. The minimum absolute atomic E-state index is 0.0147. The van der Waals surface area contributed by atoms with Crippen LogP contribution in [-0.2, 0) is 20.9 Å². The van der Waals surface area contributed by atoms with E-state index in [0.29, 0.717) is 13.1 Å². The van der Waals surface area contributed by atoms with E-state index in [1.54, 1.807) is 6.92 Å². The first kappa shape index (κ1) is 20.7. The Morgan fingerprint density at radius 3 is 2.48 bits per heavy atom. The SMILES string of the molecule is COC(=O)CCN(CC(=O)N[C@](C)(C#N)C(C)C)Cc1ccccc1. The maximum atomic E-state index is 12.4. The third-order valence-electron chi connectivity index (χ3n) is 4.26. The van der Waals surface area contributed by atoms with Gasteiger partial charge in [0.15, 0.2) is 0 Å². The first-order chi connectivity index (χ1) is 11.8. The standard InChI is InChI=1S/C19H27N3O3/c1-15(2)19(3,14-20)21-17(23)13-22(11-10-18(24)25-4)12-16-8-6-5-7-9-16/h5-9,15H,10-13H2,1-4H3,(H,21,23)/t19-/m1/s1. The smallest absolute Gasteiger partial charge is 0.306 e. The molecule has 6 heteroatoms. The predicted octanol–water partition coefficient (Wildman–Crippen LogP) is 2.11. The molecule has 0 spiro atoms. The second kappa shape index (κ2) is 9.80. The van der Waals surface area contributed by atoms with Gasteiger partial charge in [0.25, 0.3) is 0 Å². The maximum absolute atomic E-state index is 12.4. The molecule has 0 saturated heterocycles. The number of amides is 1. The van der Waals surface area contributed by atoms with Crippen LogP contribution in [0.2, 0.25) is 0 Å². The molecule has 1 N–H and O–H groups in total. The summed E-state index contributed by atoms with van der Waals surface area (Å²) in [6.45, 7) is 6.54. The molecular weight excluding hydrogens is 318 g/mol. The van der Waals surface area contributed by atoms with E-state index in [-0.39, 0.29) is 30.8 Å². The molecule has 0 fully saturated rings. The van der Waals surface area contributed by atoms with Gasteiger partial charge in [-0.3, -0.25) is 14.5 Å². The van der Waals surface area contributed by atoms with Crippen molar-refractivity contribution in [2.45, 2.75) is 39.3 Å². The fourth-order valence-electron chi connectivity index (χ4n) is 2.24. The average molecular weight is 345 g/mol. The summed E-state index contributed by atoms with van der Waals surface area (Å²) in [6, 6.07) is 11.9. The van der Waals surface area contributed by atoms with Crippen molar-refractivity contribution < 1.29 is 14.3 Å². The monoisotopic (exact) mass is 345 g/mol. The number of rotatable bonds is 9. The summed E-state index contributed by atoms with van der Waals surface area (Å²) >= 11 is 0. The Kier molecular flexibility index (Phi) is 8.09. The number of nitrogens with zero attached hydrogens (tertiary/aromatic N) is 2. The number of nitrogens with one attached hydrogen (secondary N) is 1. The number of ether oxygens (including phenoxy) is 1. The highest BCUT2D eigenvalue weighted by Crippen LogP contribution is 2.15. The molecular formula is C19H27N3O3. The van der Waals surface area contributed by atoms with Gasteiger partial charge in [0.05, 0.1) is 26.1 Å². The number of methoxy groups -OCH3 is 1. The molecule has 25 heavy (non-hydrogen) atoms. The van der Waals surface area contributed by atoms with Gasteiger partial charge in [-0.2, -0.15) is 5.26 Å². The highest BCUT2D eigenvalue weighted by molar-refractivity contribution is 5.79. The average Bonchev–Trinajstić information content (AvgIpc) is 2.59. The minimum Gasteiger partial charge on any atom is -0.469 e. The highest BCUT2D eigenvalue weighted by atomic mass is 16.5. The number of hydrogen-bond acceptors (Lipinski definition) is 5. The van der Waals surface area contributed by atoms with Crippen LogP contribution in [0.25, 0.3) is 0 Å². The van der Waals surface area contributed by atoms with E-state index in [9.17, 15) is 14.9 Å². The van der Waals surface area contributed by atoms with Crippen LogP contribution in [0.1, 0.15) is 32.8 Å². The molecule has 0 aliphatic rings. The van der Waals surface area contributed by atoms with Crippen LogP contribution in [0.3, 0.4) is 0 Å². The van der Waals surface area contributed by atoms with Crippen molar-refractivity contribution in [2.75, 3.05) is 20.2 Å². The Bertz CT molecular complexity index is 610. The van der Waals surface area contributed by atoms with E-state index in [1.807, 2.05) is 49.1 Å². The Balaban J connectivity index is 2.76. The fourth-order valence-corrected chi connectivity index (χ4v) is 2.24. The number of hydrogen-bond donors (Lipinski definition) is 1. The summed E-state index contributed by atoms with van der Waals surface area (Å²) < 4.78 is 4.68. The molecule has 6 nitrogen and oxygen atoms in total. The van der Waals surface area contributed by atoms with Crippen molar-refractivity contribution in [1.29, 1.82) is 5.26 Å². The Labute approximate surface area is 149 Å². The third kappa shape index (κ3) is 6.94. The molecule has 136 valence electrons. The highest BCUT2D eigenvalue weighted by Gasteiger charge is 2.30. The van der Waals surface area contributed by atoms with Crippen molar-refractivity contribution in [3.63, 3.8) is 0 Å². The second-order valence-corrected chi connectivity index (χ2v) is 6.54. The molecule has 1 atom stereocenters. The van der Waals surface area contributed by atoms with Gasteiger partial charge in [-0.25, -0.2) is 0 Å². The van der Waals surface area contributed by atoms with Gasteiger partial charge in [-0.05, 0) is 18.4 Å². The summed E-state index contributed by atoms with van der Waals surface area (Å²) in [5, 5.41) is 12.1. The van der Waals surface area contributed by atoms with Crippen molar-refractivity contribution in [2.24, 2.45) is 5.92 Å². The molecule has 0 unspecified atom stereocenters. The van der Waals surface area contributed by atoms with Crippen LogP contribution in [0, 0.1) is 17.2 Å². The Hall–Kier alpha value is -2.39. The van der Waals surface area contributed by atoms with Crippen LogP contribution in [0.15, 0.2) is 30.3 Å². The van der Waals surface area contributed by atoms with Gasteiger partial charge in [0.2, 0.25) is 5.91 Å². The van der Waals surface area contributed by atoms with Gasteiger partial charge in [-0.1, -0.05) is 44.2 Å². The van der Waals surface area contributed by atoms with E-state index in [0.717, 1.165) is 5.56 Å². The second-order valence-electron chi connectivity index (χ2n) is 6.54. The molecule has 0 bridgehead atoms. The van der Waals surface area contributed by atoms with Gasteiger partial charge >= 0.3 is 5.97 Å². The number of nitriles is 1. The van der Waals surface area contributed by atoms with E-state index >= 15 is 0 Å². The van der Waals surface area contributed by atoms with Gasteiger partial charge in [-0.15, -0.1) is 0 Å². The van der Waals surface area contributed by atoms with E-state index < -0.39 is 5.54 Å². The first-order valence-electron chi connectivity index (χ1n) is 8.36. The van der Waals surface area contributed by atoms with Gasteiger partial charge < -0.3 is 10.1 Å². The van der Waals surface area contributed by atoms with Crippen LogP contribution in [0.5, 0.6) is 0 Å². The lowest BCUT2D eigenvalue weighted by Crippen LogP contribution is -2.51. The van der Waals surface area contributed by atoms with Crippen LogP contribution >= 0.6 is 0 Å². The molecule has 1 amide bonds. The molecule has 0 saturated carbocycles. The summed E-state index contributed by atoms with van der Waals surface area (Å²) in [5.74, 6) is -0.569.